The molecule has 2 aromatic heterocycles. The van der Waals surface area contributed by atoms with Crippen LogP contribution in [-0.2, 0) is 17.5 Å². The van der Waals surface area contributed by atoms with Crippen molar-refractivity contribution in [3.63, 3.8) is 0 Å². The third-order valence-electron chi connectivity index (χ3n) is 2.55. The lowest BCUT2D eigenvalue weighted by Crippen LogP contribution is -2.13. The number of aromatic nitrogens is 3. The van der Waals surface area contributed by atoms with Gasteiger partial charge in [0.1, 0.15) is 16.6 Å². The first-order valence-electron chi connectivity index (χ1n) is 6.20. The molecule has 0 aliphatic heterocycles. The summed E-state index contributed by atoms with van der Waals surface area (Å²) < 4.78 is 57.0. The quantitative estimate of drug-likeness (QED) is 0.621. The molecule has 0 N–H and O–H groups in total. The lowest BCUT2D eigenvalue weighted by Gasteiger charge is -2.05. The van der Waals surface area contributed by atoms with Gasteiger partial charge in [0.25, 0.3) is 0 Å². The van der Waals surface area contributed by atoms with Crippen molar-refractivity contribution in [3.05, 3.63) is 23.0 Å². The van der Waals surface area contributed by atoms with E-state index < -0.39 is 29.4 Å². The van der Waals surface area contributed by atoms with Gasteiger partial charge in [-0.2, -0.15) is 18.3 Å². The van der Waals surface area contributed by atoms with Crippen molar-refractivity contribution in [2.75, 3.05) is 13.3 Å². The molecular weight excluding hydrogens is 326 g/mol. The predicted octanol–water partition coefficient (Wildman–Crippen LogP) is 3.17. The Labute approximate surface area is 126 Å². The molecule has 5 nitrogen and oxygen atoms in total. The number of hydrogen-bond donors (Lipinski definition) is 0. The second kappa shape index (κ2) is 6.42. The van der Waals surface area contributed by atoms with E-state index in [0.29, 0.717) is 11.3 Å². The molecule has 0 spiro atoms. The number of hydrogen-bond acceptors (Lipinski definition) is 5. The average molecular weight is 337 g/mol. The Balaban J connectivity index is 2.42. The number of rotatable bonds is 5. The molecule has 0 saturated carbocycles. The van der Waals surface area contributed by atoms with Crippen LogP contribution in [0.5, 0.6) is 0 Å². The van der Waals surface area contributed by atoms with Crippen LogP contribution in [0.2, 0.25) is 0 Å². The van der Waals surface area contributed by atoms with Gasteiger partial charge in [0.05, 0.1) is 19.3 Å². The first-order chi connectivity index (χ1) is 10.4. The highest BCUT2D eigenvalue weighted by atomic mass is 32.1. The molecule has 2 heterocycles. The van der Waals surface area contributed by atoms with E-state index in [-0.39, 0.29) is 23.7 Å². The zero-order valence-electron chi connectivity index (χ0n) is 11.4. The Bertz CT molecular complexity index is 666. The minimum Gasteiger partial charge on any atom is -0.462 e. The molecule has 0 amide bonds. The highest BCUT2D eigenvalue weighted by molar-refractivity contribution is 7.17. The van der Waals surface area contributed by atoms with E-state index in [0.717, 1.165) is 0 Å². The fourth-order valence-electron chi connectivity index (χ4n) is 1.65. The number of halogens is 4. The predicted molar refractivity (Wildman–Crippen MR) is 70.3 cm³/mol. The number of ether oxygens (including phenoxy) is 1. The van der Waals surface area contributed by atoms with Crippen LogP contribution in [0.1, 0.15) is 22.3 Å². The fourth-order valence-corrected chi connectivity index (χ4v) is 2.61. The van der Waals surface area contributed by atoms with E-state index in [1.165, 1.54) is 24.0 Å². The van der Waals surface area contributed by atoms with E-state index in [9.17, 15) is 22.4 Å². The number of thiazole rings is 1. The Hall–Kier alpha value is -1.97. The van der Waals surface area contributed by atoms with Gasteiger partial charge >= 0.3 is 12.1 Å². The number of carbonyl (C=O) groups excluding carboxylic acids is 1. The van der Waals surface area contributed by atoms with Crippen molar-refractivity contribution in [1.29, 1.82) is 0 Å². The summed E-state index contributed by atoms with van der Waals surface area (Å²) >= 11 is 0.566. The molecule has 0 fully saturated rings. The molecule has 2 aromatic rings. The molecule has 0 atom stereocenters. The third kappa shape index (κ3) is 3.43. The van der Waals surface area contributed by atoms with Crippen molar-refractivity contribution in [1.82, 2.24) is 14.8 Å². The summed E-state index contributed by atoms with van der Waals surface area (Å²) in [4.78, 5) is 14.5. The molecule has 0 bridgehead atoms. The van der Waals surface area contributed by atoms with Gasteiger partial charge in [0.2, 0.25) is 0 Å². The molecule has 0 aliphatic rings. The van der Waals surface area contributed by atoms with Crippen LogP contribution in [0.25, 0.3) is 10.6 Å². The summed E-state index contributed by atoms with van der Waals surface area (Å²) in [6, 6.07) is 0. The van der Waals surface area contributed by atoms with E-state index in [1.54, 1.807) is 0 Å². The molecule has 0 aromatic carbocycles. The van der Waals surface area contributed by atoms with Crippen molar-refractivity contribution in [2.45, 2.75) is 19.6 Å². The van der Waals surface area contributed by atoms with Gasteiger partial charge in [-0.1, -0.05) is 0 Å². The average Bonchev–Trinajstić information content (AvgIpc) is 3.04. The van der Waals surface area contributed by atoms with Crippen LogP contribution in [0.15, 0.2) is 12.4 Å². The maximum atomic E-state index is 13.0. The Morgan fingerprint density at radius 2 is 2.18 bits per heavy atom. The lowest BCUT2D eigenvalue weighted by molar-refractivity contribution is -0.141. The highest BCUT2D eigenvalue weighted by Crippen LogP contribution is 2.37. The first-order valence-corrected chi connectivity index (χ1v) is 7.02. The normalized spacial score (nSPS) is 11.7. The van der Waals surface area contributed by atoms with E-state index in [4.69, 9.17) is 0 Å². The number of nitrogens with zero attached hydrogens (tertiary/aromatic N) is 3. The molecule has 0 aliphatic carbocycles. The van der Waals surface area contributed by atoms with Crippen molar-refractivity contribution in [3.8, 4) is 10.6 Å². The Morgan fingerprint density at radius 1 is 1.45 bits per heavy atom. The van der Waals surface area contributed by atoms with Gasteiger partial charge in [-0.15, -0.1) is 11.3 Å². The molecule has 2 rings (SSSR count). The molecule has 0 saturated heterocycles. The minimum absolute atomic E-state index is 0.0117. The number of alkyl halides is 4. The fraction of sp³-hybridized carbons (Fsp3) is 0.417. The largest absolute Gasteiger partial charge is 0.462 e. The standard InChI is InChI=1S/C12H11F4N3O2S/c1-2-21-11(20)8-9(12(14,15)16)18-10(22-8)7-5-17-19(6-7)4-3-13/h5-6H,2-4H2,1H3. The van der Waals surface area contributed by atoms with Gasteiger partial charge in [-0.3, -0.25) is 4.68 Å². The summed E-state index contributed by atoms with van der Waals surface area (Å²) in [5.74, 6) is -1.07. The third-order valence-corrected chi connectivity index (χ3v) is 3.63. The van der Waals surface area contributed by atoms with Gasteiger partial charge in [0, 0.05) is 11.8 Å². The molecule has 22 heavy (non-hydrogen) atoms. The van der Waals surface area contributed by atoms with Crippen LogP contribution in [0.4, 0.5) is 17.6 Å². The maximum Gasteiger partial charge on any atom is 0.435 e. The van der Waals surface area contributed by atoms with E-state index >= 15 is 0 Å². The summed E-state index contributed by atoms with van der Waals surface area (Å²) in [5.41, 5.74) is -1.01. The van der Waals surface area contributed by atoms with Crippen LogP contribution in [-0.4, -0.2) is 34.0 Å². The van der Waals surface area contributed by atoms with Crippen molar-refractivity contribution >= 4 is 17.3 Å². The second-order valence-corrected chi connectivity index (χ2v) is 5.10. The monoisotopic (exact) mass is 337 g/mol. The molecule has 0 unspecified atom stereocenters. The summed E-state index contributed by atoms with van der Waals surface area (Å²) in [6.07, 6.45) is -2.14. The van der Waals surface area contributed by atoms with Crippen molar-refractivity contribution < 1.29 is 27.1 Å². The zero-order valence-corrected chi connectivity index (χ0v) is 12.2. The van der Waals surface area contributed by atoms with Gasteiger partial charge < -0.3 is 4.74 Å². The summed E-state index contributed by atoms with van der Waals surface area (Å²) in [6.45, 7) is 0.787. The van der Waals surface area contributed by atoms with Crippen LogP contribution >= 0.6 is 11.3 Å². The van der Waals surface area contributed by atoms with Crippen LogP contribution < -0.4 is 0 Å². The van der Waals surface area contributed by atoms with Gasteiger partial charge in [-0.05, 0) is 6.92 Å². The smallest absolute Gasteiger partial charge is 0.435 e. The van der Waals surface area contributed by atoms with Crippen molar-refractivity contribution in [2.24, 2.45) is 0 Å². The molecule has 0 radical (unpaired) electrons. The van der Waals surface area contributed by atoms with E-state index in [2.05, 4.69) is 14.8 Å². The minimum atomic E-state index is -4.77. The SMILES string of the molecule is CCOC(=O)c1sc(-c2cnn(CCF)c2)nc1C(F)(F)F. The number of aryl methyl sites for hydroxylation is 1. The van der Waals surface area contributed by atoms with E-state index in [1.807, 2.05) is 0 Å². The molecule has 120 valence electrons. The summed E-state index contributed by atoms with van der Waals surface area (Å²) in [7, 11) is 0. The Kier molecular flexibility index (Phi) is 4.79. The molecule has 10 heteroatoms. The summed E-state index contributed by atoms with van der Waals surface area (Å²) in [5, 5.41) is 3.78. The van der Waals surface area contributed by atoms with Crippen LogP contribution in [0.3, 0.4) is 0 Å². The number of esters is 1. The lowest BCUT2D eigenvalue weighted by atomic mass is 10.3. The van der Waals surface area contributed by atoms with Gasteiger partial charge in [-0.25, -0.2) is 14.2 Å². The number of carbonyl (C=O) groups is 1. The van der Waals surface area contributed by atoms with Gasteiger partial charge in [0.15, 0.2) is 5.69 Å². The second-order valence-electron chi connectivity index (χ2n) is 4.10. The highest BCUT2D eigenvalue weighted by Gasteiger charge is 2.40. The Morgan fingerprint density at radius 3 is 2.77 bits per heavy atom. The van der Waals surface area contributed by atoms with Crippen LogP contribution in [0, 0.1) is 0 Å². The molecular formula is C12H11F4N3O2S. The first kappa shape index (κ1) is 16.4. The topological polar surface area (TPSA) is 57.0 Å². The maximum absolute atomic E-state index is 13.0. The zero-order chi connectivity index (χ0) is 16.3.